The van der Waals surface area contributed by atoms with Crippen LogP contribution in [0.1, 0.15) is 36.0 Å². The molecule has 1 fully saturated rings. The minimum atomic E-state index is -0.736. The molecule has 4 heteroatoms. The molecule has 104 valence electrons. The number of Topliss-reactive ketones (excluding diaryl/α,β-unsaturated/α-hetero) is 1. The summed E-state index contributed by atoms with van der Waals surface area (Å²) in [6.07, 6.45) is 2.09. The van der Waals surface area contributed by atoms with Gasteiger partial charge in [0.15, 0.2) is 5.78 Å². The Bertz CT molecular complexity index is 418. The van der Waals surface area contributed by atoms with Gasteiger partial charge in [0.2, 0.25) is 0 Å². The summed E-state index contributed by atoms with van der Waals surface area (Å²) in [5.74, 6) is 0.794. The van der Waals surface area contributed by atoms with Crippen LogP contribution in [0.4, 0.5) is 0 Å². The van der Waals surface area contributed by atoms with Crippen LogP contribution >= 0.6 is 0 Å². The lowest BCUT2D eigenvalue weighted by Crippen LogP contribution is -2.36. The van der Waals surface area contributed by atoms with Crippen molar-refractivity contribution in [1.29, 1.82) is 0 Å². The van der Waals surface area contributed by atoms with Crippen molar-refractivity contribution in [2.45, 2.75) is 31.3 Å². The second kappa shape index (κ2) is 6.17. The number of aliphatic hydroxyl groups is 1. The fraction of sp³-hybridized carbons (Fsp3) is 0.533. The third-order valence-electron chi connectivity index (χ3n) is 3.65. The number of benzene rings is 1. The number of ketones is 1. The Balaban J connectivity index is 1.89. The molecule has 1 N–H and O–H groups in total. The molecule has 1 saturated heterocycles. The Labute approximate surface area is 113 Å². The standard InChI is InChI=1S/C15H20O4/c1-18-13-4-2-12(3-5-13)14(16)6-7-15(17)8-10-19-11-9-15/h2-5,17H,6-11H2,1H3. The summed E-state index contributed by atoms with van der Waals surface area (Å²) >= 11 is 0. The molecule has 0 aromatic heterocycles. The average Bonchev–Trinajstić information content (AvgIpc) is 2.46. The fourth-order valence-corrected chi connectivity index (χ4v) is 2.27. The molecule has 1 heterocycles. The zero-order valence-electron chi connectivity index (χ0n) is 11.2. The summed E-state index contributed by atoms with van der Waals surface area (Å²) in [5, 5.41) is 10.3. The monoisotopic (exact) mass is 264 g/mol. The number of rotatable bonds is 5. The highest BCUT2D eigenvalue weighted by molar-refractivity contribution is 5.96. The second-order valence-electron chi connectivity index (χ2n) is 4.99. The highest BCUT2D eigenvalue weighted by Gasteiger charge is 2.30. The Morgan fingerprint density at radius 2 is 1.95 bits per heavy atom. The van der Waals surface area contributed by atoms with Gasteiger partial charge < -0.3 is 14.6 Å². The minimum absolute atomic E-state index is 0.0579. The second-order valence-corrected chi connectivity index (χ2v) is 4.99. The van der Waals surface area contributed by atoms with Crippen LogP contribution < -0.4 is 4.74 Å². The molecule has 1 aliphatic heterocycles. The van der Waals surface area contributed by atoms with Gasteiger partial charge in [0.25, 0.3) is 0 Å². The van der Waals surface area contributed by atoms with Crippen LogP contribution in [0.2, 0.25) is 0 Å². The molecule has 0 aliphatic carbocycles. The Morgan fingerprint density at radius 1 is 1.32 bits per heavy atom. The lowest BCUT2D eigenvalue weighted by molar-refractivity contribution is -0.0677. The lowest BCUT2D eigenvalue weighted by Gasteiger charge is -2.31. The van der Waals surface area contributed by atoms with E-state index in [9.17, 15) is 9.90 Å². The van der Waals surface area contributed by atoms with E-state index in [0.717, 1.165) is 5.75 Å². The van der Waals surface area contributed by atoms with Crippen molar-refractivity contribution >= 4 is 5.78 Å². The molecule has 0 unspecified atom stereocenters. The molecule has 2 rings (SSSR count). The van der Waals surface area contributed by atoms with Gasteiger partial charge in [-0.3, -0.25) is 4.79 Å². The Morgan fingerprint density at radius 3 is 2.53 bits per heavy atom. The number of hydrogen-bond acceptors (Lipinski definition) is 4. The first-order valence-corrected chi connectivity index (χ1v) is 6.60. The highest BCUT2D eigenvalue weighted by atomic mass is 16.5. The molecule has 4 nitrogen and oxygen atoms in total. The molecule has 0 bridgehead atoms. The normalized spacial score (nSPS) is 18.0. The summed E-state index contributed by atoms with van der Waals surface area (Å²) < 4.78 is 10.3. The number of ether oxygens (including phenoxy) is 2. The fourth-order valence-electron chi connectivity index (χ4n) is 2.27. The van der Waals surface area contributed by atoms with Crippen LogP contribution in [0.25, 0.3) is 0 Å². The van der Waals surface area contributed by atoms with E-state index in [0.29, 0.717) is 44.5 Å². The van der Waals surface area contributed by atoms with E-state index in [1.165, 1.54) is 0 Å². The van der Waals surface area contributed by atoms with E-state index in [-0.39, 0.29) is 5.78 Å². The van der Waals surface area contributed by atoms with Gasteiger partial charge in [-0.05, 0) is 43.5 Å². The first-order valence-electron chi connectivity index (χ1n) is 6.60. The first-order chi connectivity index (χ1) is 9.13. The van der Waals surface area contributed by atoms with Gasteiger partial charge in [0.1, 0.15) is 5.75 Å². The third-order valence-corrected chi connectivity index (χ3v) is 3.65. The zero-order valence-corrected chi connectivity index (χ0v) is 11.2. The molecular formula is C15H20O4. The molecule has 0 spiro atoms. The maximum absolute atomic E-state index is 12.0. The molecule has 0 saturated carbocycles. The molecule has 1 aromatic carbocycles. The van der Waals surface area contributed by atoms with E-state index in [1.54, 1.807) is 31.4 Å². The van der Waals surface area contributed by atoms with Crippen LogP contribution in [0, 0.1) is 0 Å². The Hall–Kier alpha value is -1.39. The van der Waals surface area contributed by atoms with Gasteiger partial charge in [-0.1, -0.05) is 0 Å². The largest absolute Gasteiger partial charge is 0.497 e. The summed E-state index contributed by atoms with van der Waals surface area (Å²) in [6, 6.07) is 7.07. The number of carbonyl (C=O) groups excluding carboxylic acids is 1. The van der Waals surface area contributed by atoms with Crippen molar-refractivity contribution in [3.8, 4) is 5.75 Å². The van der Waals surface area contributed by atoms with Crippen LogP contribution in [0.5, 0.6) is 5.75 Å². The maximum atomic E-state index is 12.0. The van der Waals surface area contributed by atoms with E-state index in [4.69, 9.17) is 9.47 Å². The van der Waals surface area contributed by atoms with Crippen molar-refractivity contribution in [3.63, 3.8) is 0 Å². The van der Waals surface area contributed by atoms with Crippen LogP contribution in [0.15, 0.2) is 24.3 Å². The van der Waals surface area contributed by atoms with Crippen molar-refractivity contribution < 1.29 is 19.4 Å². The minimum Gasteiger partial charge on any atom is -0.497 e. The van der Waals surface area contributed by atoms with E-state index in [1.807, 2.05) is 0 Å². The zero-order chi connectivity index (χ0) is 13.7. The molecule has 0 radical (unpaired) electrons. The predicted octanol–water partition coefficient (Wildman–Crippen LogP) is 2.20. The van der Waals surface area contributed by atoms with Crippen LogP contribution in [-0.2, 0) is 4.74 Å². The summed E-state index contributed by atoms with van der Waals surface area (Å²) in [7, 11) is 1.59. The van der Waals surface area contributed by atoms with Gasteiger partial charge in [-0.25, -0.2) is 0 Å². The molecule has 19 heavy (non-hydrogen) atoms. The number of methoxy groups -OCH3 is 1. The molecule has 1 aliphatic rings. The maximum Gasteiger partial charge on any atom is 0.162 e. The van der Waals surface area contributed by atoms with E-state index >= 15 is 0 Å². The summed E-state index contributed by atoms with van der Waals surface area (Å²) in [6.45, 7) is 1.15. The molecular weight excluding hydrogens is 244 g/mol. The molecule has 1 aromatic rings. The topological polar surface area (TPSA) is 55.8 Å². The molecule has 0 amide bonds. The van der Waals surface area contributed by atoms with Crippen molar-refractivity contribution in [2.75, 3.05) is 20.3 Å². The van der Waals surface area contributed by atoms with Gasteiger partial charge >= 0.3 is 0 Å². The van der Waals surface area contributed by atoms with Crippen molar-refractivity contribution in [3.05, 3.63) is 29.8 Å². The van der Waals surface area contributed by atoms with Gasteiger partial charge in [-0.15, -0.1) is 0 Å². The number of carbonyl (C=O) groups is 1. The summed E-state index contributed by atoms with van der Waals surface area (Å²) in [4.78, 5) is 12.0. The quantitative estimate of drug-likeness (QED) is 0.828. The van der Waals surface area contributed by atoms with Crippen LogP contribution in [-0.4, -0.2) is 36.8 Å². The van der Waals surface area contributed by atoms with Gasteiger partial charge in [-0.2, -0.15) is 0 Å². The molecule has 0 atom stereocenters. The smallest absolute Gasteiger partial charge is 0.162 e. The third kappa shape index (κ3) is 3.78. The van der Waals surface area contributed by atoms with Crippen LogP contribution in [0.3, 0.4) is 0 Å². The summed E-state index contributed by atoms with van der Waals surface area (Å²) in [5.41, 5.74) is -0.0723. The average molecular weight is 264 g/mol. The van der Waals surface area contributed by atoms with Gasteiger partial charge in [0.05, 0.1) is 12.7 Å². The van der Waals surface area contributed by atoms with Crippen molar-refractivity contribution in [2.24, 2.45) is 0 Å². The predicted molar refractivity (Wildman–Crippen MR) is 71.6 cm³/mol. The lowest BCUT2D eigenvalue weighted by atomic mass is 9.88. The van der Waals surface area contributed by atoms with Crippen molar-refractivity contribution in [1.82, 2.24) is 0 Å². The Kier molecular flexibility index (Phi) is 4.56. The van der Waals surface area contributed by atoms with E-state index in [2.05, 4.69) is 0 Å². The first kappa shape index (κ1) is 14.0. The van der Waals surface area contributed by atoms with Gasteiger partial charge in [0, 0.05) is 25.2 Å². The highest BCUT2D eigenvalue weighted by Crippen LogP contribution is 2.26. The SMILES string of the molecule is COc1ccc(C(=O)CCC2(O)CCOCC2)cc1. The number of hydrogen-bond donors (Lipinski definition) is 1. The van der Waals surface area contributed by atoms with E-state index < -0.39 is 5.60 Å².